The van der Waals surface area contributed by atoms with E-state index < -0.39 is 11.7 Å². The van der Waals surface area contributed by atoms with Gasteiger partial charge in [-0.1, -0.05) is 17.3 Å². The highest BCUT2D eigenvalue weighted by Gasteiger charge is 2.30. The number of ether oxygens (including phenoxy) is 2. The van der Waals surface area contributed by atoms with E-state index in [4.69, 9.17) is 14.0 Å². The molecule has 2 aromatic carbocycles. The molecule has 0 unspecified atom stereocenters. The van der Waals surface area contributed by atoms with Gasteiger partial charge >= 0.3 is 6.18 Å². The molecule has 0 aliphatic carbocycles. The molecule has 0 aliphatic heterocycles. The predicted octanol–water partition coefficient (Wildman–Crippen LogP) is 4.56. The van der Waals surface area contributed by atoms with Crippen molar-refractivity contribution in [3.8, 4) is 34.5 Å². The summed E-state index contributed by atoms with van der Waals surface area (Å²) in [6.07, 6.45) is -2.78. The maximum absolute atomic E-state index is 12.9. The minimum absolute atomic E-state index is 0.0383. The second-order valence-corrected chi connectivity index (χ2v) is 7.49. The minimum Gasteiger partial charge on any atom is -0.493 e. The van der Waals surface area contributed by atoms with Crippen molar-refractivity contribution in [1.29, 1.82) is 0 Å². The number of nitrogens with zero attached hydrogens (tertiary/aromatic N) is 3. The normalized spacial score (nSPS) is 11.3. The standard InChI is InChI=1S/C24H21F3N4O4/c1-33-19-9-8-16(12-20(19)34-2)22-29-23(35-30-22)18-7-4-10-31(18)14-21(32)28-13-15-5-3-6-17(11-15)24(25,26)27/h3-12H,13-14H2,1-2H3,(H,28,32). The van der Waals surface area contributed by atoms with Crippen molar-refractivity contribution in [2.75, 3.05) is 14.2 Å². The zero-order valence-electron chi connectivity index (χ0n) is 18.8. The number of aromatic nitrogens is 3. The highest BCUT2D eigenvalue weighted by Crippen LogP contribution is 2.32. The predicted molar refractivity (Wildman–Crippen MR) is 120 cm³/mol. The first-order valence-corrected chi connectivity index (χ1v) is 10.4. The summed E-state index contributed by atoms with van der Waals surface area (Å²) in [4.78, 5) is 16.9. The number of methoxy groups -OCH3 is 2. The second kappa shape index (κ2) is 9.92. The van der Waals surface area contributed by atoms with Crippen LogP contribution in [-0.2, 0) is 24.1 Å². The Morgan fingerprint density at radius 3 is 2.60 bits per heavy atom. The van der Waals surface area contributed by atoms with Gasteiger partial charge in [0.2, 0.25) is 11.7 Å². The number of amides is 1. The van der Waals surface area contributed by atoms with Gasteiger partial charge in [-0.15, -0.1) is 0 Å². The Morgan fingerprint density at radius 2 is 1.86 bits per heavy atom. The molecule has 0 radical (unpaired) electrons. The summed E-state index contributed by atoms with van der Waals surface area (Å²) >= 11 is 0. The number of alkyl halides is 3. The molecular weight excluding hydrogens is 465 g/mol. The summed E-state index contributed by atoms with van der Waals surface area (Å²) in [7, 11) is 3.06. The molecule has 2 heterocycles. The fourth-order valence-corrected chi connectivity index (χ4v) is 3.44. The number of halogens is 3. The molecule has 0 bridgehead atoms. The van der Waals surface area contributed by atoms with Gasteiger partial charge in [0.15, 0.2) is 11.5 Å². The van der Waals surface area contributed by atoms with E-state index >= 15 is 0 Å². The first-order valence-electron chi connectivity index (χ1n) is 10.4. The van der Waals surface area contributed by atoms with Crippen molar-refractivity contribution in [3.05, 3.63) is 71.9 Å². The summed E-state index contributed by atoms with van der Waals surface area (Å²) in [5, 5.41) is 6.64. The van der Waals surface area contributed by atoms with Crippen molar-refractivity contribution in [2.45, 2.75) is 19.3 Å². The van der Waals surface area contributed by atoms with Crippen molar-refractivity contribution in [1.82, 2.24) is 20.0 Å². The summed E-state index contributed by atoms with van der Waals surface area (Å²) < 4.78 is 56.2. The lowest BCUT2D eigenvalue weighted by Gasteiger charge is -2.10. The summed E-state index contributed by atoms with van der Waals surface area (Å²) in [6, 6.07) is 13.4. The van der Waals surface area contributed by atoms with Gasteiger partial charge in [0.25, 0.3) is 5.89 Å². The minimum atomic E-state index is -4.44. The average molecular weight is 486 g/mol. The lowest BCUT2D eigenvalue weighted by molar-refractivity contribution is -0.137. The molecule has 0 atom stereocenters. The third-order valence-corrected chi connectivity index (χ3v) is 5.17. The first kappa shape index (κ1) is 23.9. The molecule has 8 nitrogen and oxygen atoms in total. The Morgan fingerprint density at radius 1 is 1.06 bits per heavy atom. The number of carbonyl (C=O) groups excluding carboxylic acids is 1. The van der Waals surface area contributed by atoms with Crippen LogP contribution in [0.5, 0.6) is 11.5 Å². The number of hydrogen-bond acceptors (Lipinski definition) is 6. The Balaban J connectivity index is 1.44. The van der Waals surface area contributed by atoms with Gasteiger partial charge in [0, 0.05) is 18.3 Å². The van der Waals surface area contributed by atoms with E-state index in [-0.39, 0.29) is 24.9 Å². The molecule has 0 saturated heterocycles. The van der Waals surface area contributed by atoms with Crippen LogP contribution < -0.4 is 14.8 Å². The number of benzene rings is 2. The van der Waals surface area contributed by atoms with Crippen LogP contribution in [0.1, 0.15) is 11.1 Å². The van der Waals surface area contributed by atoms with Gasteiger partial charge in [-0.25, -0.2) is 0 Å². The molecule has 0 saturated carbocycles. The molecule has 0 aliphatic rings. The molecule has 1 amide bonds. The number of rotatable bonds is 8. The van der Waals surface area contributed by atoms with Crippen LogP contribution in [0.25, 0.3) is 23.0 Å². The summed E-state index contributed by atoms with van der Waals surface area (Å²) in [5.74, 6) is 1.20. The van der Waals surface area contributed by atoms with Crippen LogP contribution in [-0.4, -0.2) is 34.8 Å². The summed E-state index contributed by atoms with van der Waals surface area (Å²) in [5.41, 5.74) is 0.740. The Labute approximate surface area is 198 Å². The maximum atomic E-state index is 12.9. The van der Waals surface area contributed by atoms with E-state index in [0.29, 0.717) is 34.1 Å². The number of carbonyl (C=O) groups is 1. The topological polar surface area (TPSA) is 91.4 Å². The van der Waals surface area contributed by atoms with E-state index in [1.807, 2.05) is 0 Å². The maximum Gasteiger partial charge on any atom is 0.416 e. The van der Waals surface area contributed by atoms with E-state index in [2.05, 4.69) is 15.5 Å². The highest BCUT2D eigenvalue weighted by molar-refractivity contribution is 5.76. The SMILES string of the molecule is COc1ccc(-c2noc(-c3cccn3CC(=O)NCc3cccc(C(F)(F)F)c3)n2)cc1OC. The molecule has 4 rings (SSSR count). The van der Waals surface area contributed by atoms with E-state index in [1.165, 1.54) is 26.4 Å². The zero-order valence-corrected chi connectivity index (χ0v) is 18.8. The lowest BCUT2D eigenvalue weighted by atomic mass is 10.1. The van der Waals surface area contributed by atoms with Gasteiger partial charge in [0.1, 0.15) is 12.2 Å². The second-order valence-electron chi connectivity index (χ2n) is 7.49. The van der Waals surface area contributed by atoms with Gasteiger partial charge in [0.05, 0.1) is 19.8 Å². The molecule has 0 fully saturated rings. The first-order chi connectivity index (χ1) is 16.8. The Kier molecular flexibility index (Phi) is 6.76. The molecular formula is C24H21F3N4O4. The van der Waals surface area contributed by atoms with Crippen LogP contribution in [0.4, 0.5) is 13.2 Å². The third-order valence-electron chi connectivity index (χ3n) is 5.17. The van der Waals surface area contributed by atoms with Gasteiger partial charge in [-0.05, 0) is 48.0 Å². The van der Waals surface area contributed by atoms with Crippen LogP contribution in [0.2, 0.25) is 0 Å². The summed E-state index contributed by atoms with van der Waals surface area (Å²) in [6.45, 7) is -0.126. The van der Waals surface area contributed by atoms with Crippen molar-refractivity contribution >= 4 is 5.91 Å². The van der Waals surface area contributed by atoms with Crippen LogP contribution in [0, 0.1) is 0 Å². The van der Waals surface area contributed by atoms with Crippen LogP contribution >= 0.6 is 0 Å². The smallest absolute Gasteiger partial charge is 0.416 e. The third kappa shape index (κ3) is 5.45. The molecule has 1 N–H and O–H groups in total. The molecule has 0 spiro atoms. The fourth-order valence-electron chi connectivity index (χ4n) is 3.44. The number of nitrogens with one attached hydrogen (secondary N) is 1. The van der Waals surface area contributed by atoms with E-state index in [9.17, 15) is 18.0 Å². The zero-order chi connectivity index (χ0) is 25.0. The van der Waals surface area contributed by atoms with Crippen molar-refractivity contribution in [3.63, 3.8) is 0 Å². The molecule has 11 heteroatoms. The number of hydrogen-bond donors (Lipinski definition) is 1. The lowest BCUT2D eigenvalue weighted by Crippen LogP contribution is -2.27. The van der Waals surface area contributed by atoms with Crippen LogP contribution in [0.3, 0.4) is 0 Å². The van der Waals surface area contributed by atoms with Gasteiger partial charge < -0.3 is 23.9 Å². The largest absolute Gasteiger partial charge is 0.493 e. The quantitative estimate of drug-likeness (QED) is 0.393. The van der Waals surface area contributed by atoms with Crippen LogP contribution in [0.15, 0.2) is 65.3 Å². The highest BCUT2D eigenvalue weighted by atomic mass is 19.4. The fraction of sp³-hybridized carbons (Fsp3) is 0.208. The Bertz CT molecular complexity index is 1330. The molecule has 2 aromatic heterocycles. The van der Waals surface area contributed by atoms with Gasteiger partial charge in [-0.3, -0.25) is 4.79 Å². The van der Waals surface area contributed by atoms with Crippen molar-refractivity contribution in [2.24, 2.45) is 0 Å². The van der Waals surface area contributed by atoms with Gasteiger partial charge in [-0.2, -0.15) is 18.2 Å². The van der Waals surface area contributed by atoms with E-state index in [0.717, 1.165) is 12.1 Å². The molecule has 35 heavy (non-hydrogen) atoms. The molecule has 4 aromatic rings. The van der Waals surface area contributed by atoms with E-state index in [1.54, 1.807) is 41.1 Å². The molecule has 182 valence electrons. The Hall–Kier alpha value is -4.28. The average Bonchev–Trinajstić information content (AvgIpc) is 3.51. The van der Waals surface area contributed by atoms with Crippen molar-refractivity contribution < 1.29 is 32.0 Å². The monoisotopic (exact) mass is 486 g/mol.